The van der Waals surface area contributed by atoms with E-state index in [1.807, 2.05) is 24.3 Å². The summed E-state index contributed by atoms with van der Waals surface area (Å²) in [6.45, 7) is 0. The van der Waals surface area contributed by atoms with Crippen molar-refractivity contribution in [2.75, 3.05) is 7.11 Å². The topological polar surface area (TPSA) is 146 Å². The van der Waals surface area contributed by atoms with E-state index in [1.54, 1.807) is 36.4 Å². The summed E-state index contributed by atoms with van der Waals surface area (Å²) in [6, 6.07) is 31.5. The van der Waals surface area contributed by atoms with Gasteiger partial charge in [0, 0.05) is 41.4 Å². The van der Waals surface area contributed by atoms with E-state index in [0.717, 1.165) is 18.0 Å². The van der Waals surface area contributed by atoms with Crippen molar-refractivity contribution in [3.8, 4) is 0 Å². The van der Waals surface area contributed by atoms with Gasteiger partial charge in [0.1, 0.15) is 6.10 Å². The summed E-state index contributed by atoms with van der Waals surface area (Å²) in [4.78, 5) is 46.7. The highest BCUT2D eigenvalue weighted by Gasteiger charge is 2.80. The van der Waals surface area contributed by atoms with Gasteiger partial charge >= 0.3 is 0 Å². The van der Waals surface area contributed by atoms with E-state index in [-0.39, 0.29) is 23.1 Å². The molecule has 5 atom stereocenters. The van der Waals surface area contributed by atoms with Crippen LogP contribution in [0.1, 0.15) is 36.8 Å². The minimum atomic E-state index is -3.53. The molecule has 1 unspecified atom stereocenters. The van der Waals surface area contributed by atoms with Gasteiger partial charge < -0.3 is 29.8 Å². The van der Waals surface area contributed by atoms with Gasteiger partial charge in [0.2, 0.25) is 28.6 Å². The molecular formula is C36H31NO8. The fraction of sp³-hybridized carbons (Fsp3) is 0.194. The van der Waals surface area contributed by atoms with Gasteiger partial charge in [0.05, 0.1) is 0 Å². The number of hydrogen-bond donors (Lipinski definition) is 4. The molecule has 9 heteroatoms. The summed E-state index contributed by atoms with van der Waals surface area (Å²) >= 11 is 0. The Labute approximate surface area is 258 Å². The molecule has 1 fully saturated rings. The van der Waals surface area contributed by atoms with E-state index in [1.165, 1.54) is 60.7 Å². The summed E-state index contributed by atoms with van der Waals surface area (Å²) in [5.41, 5.74) is -9.20. The zero-order valence-corrected chi connectivity index (χ0v) is 24.3. The van der Waals surface area contributed by atoms with E-state index in [9.17, 15) is 29.7 Å². The molecule has 1 aliphatic rings. The number of methoxy groups -OCH3 is 1. The van der Waals surface area contributed by atoms with Crippen molar-refractivity contribution < 1.29 is 39.2 Å². The number of aromatic nitrogens is 1. The van der Waals surface area contributed by atoms with Gasteiger partial charge in [-0.2, -0.15) is 0 Å². The van der Waals surface area contributed by atoms with Crippen molar-refractivity contribution in [2.24, 2.45) is 0 Å². The van der Waals surface area contributed by atoms with Crippen molar-refractivity contribution in [1.29, 1.82) is 0 Å². The molecule has 0 saturated carbocycles. The fourth-order valence-corrected chi connectivity index (χ4v) is 6.25. The summed E-state index contributed by atoms with van der Waals surface area (Å²) in [5, 5.41) is 39.2. The normalized spacial score (nSPS) is 26.4. The number of aliphatic hydroxyl groups is 3. The van der Waals surface area contributed by atoms with E-state index in [2.05, 4.69) is 4.98 Å². The van der Waals surface area contributed by atoms with Crippen LogP contribution in [0.4, 0.5) is 0 Å². The molecule has 5 aromatic rings. The number of H-pyrrole nitrogens is 1. The van der Waals surface area contributed by atoms with Crippen molar-refractivity contribution in [1.82, 2.24) is 4.98 Å². The van der Waals surface area contributed by atoms with Gasteiger partial charge in [0.25, 0.3) is 0 Å². The number of nitrogens with one attached hydrogen (secondary N) is 1. The Balaban J connectivity index is 1.63. The van der Waals surface area contributed by atoms with Crippen molar-refractivity contribution in [2.45, 2.75) is 35.6 Å². The van der Waals surface area contributed by atoms with Crippen LogP contribution in [0.3, 0.4) is 0 Å². The average molecular weight is 606 g/mol. The largest absolute Gasteiger partial charge is 0.376 e. The van der Waals surface area contributed by atoms with Gasteiger partial charge in [-0.25, -0.2) is 0 Å². The first kappa shape index (κ1) is 30.3. The van der Waals surface area contributed by atoms with Crippen LogP contribution >= 0.6 is 0 Å². The maximum Gasteiger partial charge on any atom is 0.218 e. The number of fused-ring (bicyclic) bond motifs is 1. The second kappa shape index (κ2) is 11.6. The molecular weight excluding hydrogens is 574 g/mol. The third-order valence-electron chi connectivity index (χ3n) is 8.53. The first-order valence-electron chi connectivity index (χ1n) is 14.4. The molecule has 0 bridgehead atoms. The Hall–Kier alpha value is -4.77. The third-order valence-corrected chi connectivity index (χ3v) is 8.53. The Bertz CT molecular complexity index is 1820. The number of hydrogen-bond acceptors (Lipinski definition) is 8. The molecule has 4 aromatic carbocycles. The van der Waals surface area contributed by atoms with Crippen molar-refractivity contribution >= 4 is 28.3 Å². The SMILES string of the molecule is COC1O[C@H](Cc2cc3ccccc3[nH]2)[C@](O)(C(=O)c2ccccc2)[C@@](O)(C(=O)c2ccccc2)[C@]1(O)C(=O)c1ccccc1. The van der Waals surface area contributed by atoms with Gasteiger partial charge in [-0.05, 0) is 17.5 Å². The van der Waals surface area contributed by atoms with Crippen LogP contribution in [0.25, 0.3) is 10.9 Å². The smallest absolute Gasteiger partial charge is 0.218 e. The summed E-state index contributed by atoms with van der Waals surface area (Å²) < 4.78 is 11.6. The maximum absolute atomic E-state index is 14.6. The second-order valence-corrected chi connectivity index (χ2v) is 11.1. The van der Waals surface area contributed by atoms with Crippen LogP contribution < -0.4 is 0 Å². The Morgan fingerprint density at radius 3 is 1.67 bits per heavy atom. The van der Waals surface area contributed by atoms with Gasteiger partial charge in [0.15, 0.2) is 11.9 Å². The zero-order chi connectivity index (χ0) is 31.8. The molecule has 4 N–H and O–H groups in total. The lowest BCUT2D eigenvalue weighted by Crippen LogP contribution is -2.86. The van der Waals surface area contributed by atoms with E-state index >= 15 is 0 Å². The predicted molar refractivity (Wildman–Crippen MR) is 165 cm³/mol. The van der Waals surface area contributed by atoms with Gasteiger partial charge in [-0.15, -0.1) is 0 Å². The monoisotopic (exact) mass is 605 g/mol. The van der Waals surface area contributed by atoms with E-state index in [4.69, 9.17) is 9.47 Å². The Kier molecular flexibility index (Phi) is 7.82. The first-order valence-corrected chi connectivity index (χ1v) is 14.4. The van der Waals surface area contributed by atoms with E-state index < -0.39 is 46.5 Å². The molecule has 228 valence electrons. The molecule has 0 spiro atoms. The minimum absolute atomic E-state index is 0.0880. The number of ketones is 3. The molecule has 0 radical (unpaired) electrons. The lowest BCUT2D eigenvalue weighted by molar-refractivity contribution is -0.350. The number of rotatable bonds is 9. The van der Waals surface area contributed by atoms with Crippen LogP contribution in [-0.2, 0) is 15.9 Å². The molecule has 1 aromatic heterocycles. The van der Waals surface area contributed by atoms with Crippen LogP contribution in [0.5, 0.6) is 0 Å². The summed E-state index contributed by atoms with van der Waals surface area (Å²) in [7, 11) is 1.13. The lowest BCUT2D eigenvalue weighted by Gasteiger charge is -2.57. The molecule has 1 aliphatic heterocycles. The average Bonchev–Trinajstić information content (AvgIpc) is 3.51. The number of para-hydroxylation sites is 1. The van der Waals surface area contributed by atoms with Crippen LogP contribution in [0.2, 0.25) is 0 Å². The van der Waals surface area contributed by atoms with Crippen molar-refractivity contribution in [3.63, 3.8) is 0 Å². The summed E-state index contributed by atoms with van der Waals surface area (Å²) in [5.74, 6) is -3.59. The quantitative estimate of drug-likeness (QED) is 0.185. The highest BCUT2D eigenvalue weighted by molar-refractivity contribution is 6.18. The maximum atomic E-state index is 14.6. The number of benzene rings is 4. The number of aromatic amines is 1. The molecule has 0 amide bonds. The number of carbonyl (C=O) groups excluding carboxylic acids is 3. The van der Waals surface area contributed by atoms with Gasteiger partial charge in [-0.1, -0.05) is 109 Å². The fourth-order valence-electron chi connectivity index (χ4n) is 6.25. The summed E-state index contributed by atoms with van der Waals surface area (Å²) in [6.07, 6.45) is -3.95. The second-order valence-electron chi connectivity index (χ2n) is 11.1. The Morgan fingerprint density at radius 1 is 0.689 bits per heavy atom. The van der Waals surface area contributed by atoms with Crippen LogP contribution in [-0.4, -0.2) is 74.0 Å². The molecule has 2 heterocycles. The molecule has 1 saturated heterocycles. The van der Waals surface area contributed by atoms with Gasteiger partial charge in [-0.3, -0.25) is 14.4 Å². The number of carbonyl (C=O) groups is 3. The zero-order valence-electron chi connectivity index (χ0n) is 24.3. The standard InChI is InChI=1S/C36H31NO8/c1-44-33-35(42,31(39)24-15-7-3-8-16-24)36(43,32(40)25-17-9-4-10-18-25)34(41,30(38)23-13-5-2-6-14-23)29(45-33)22-27-21-26-19-11-12-20-28(26)37-27/h2-21,29,33,37,41-43H,22H2,1H3/t29-,33?,34+,35+,36+/m1/s1. The highest BCUT2D eigenvalue weighted by Crippen LogP contribution is 2.50. The molecule has 45 heavy (non-hydrogen) atoms. The highest BCUT2D eigenvalue weighted by atomic mass is 16.7. The first-order chi connectivity index (χ1) is 21.7. The third kappa shape index (κ3) is 4.64. The number of Topliss-reactive ketones (excluding diaryl/α,β-unsaturated/α-hetero) is 3. The van der Waals surface area contributed by atoms with Crippen LogP contribution in [0.15, 0.2) is 121 Å². The Morgan fingerprint density at radius 2 is 1.16 bits per heavy atom. The lowest BCUT2D eigenvalue weighted by atomic mass is 9.58. The molecule has 0 aliphatic carbocycles. The number of ether oxygens (including phenoxy) is 2. The van der Waals surface area contributed by atoms with E-state index in [0.29, 0.717) is 5.69 Å². The van der Waals surface area contributed by atoms with Crippen LogP contribution in [0, 0.1) is 0 Å². The molecule has 6 rings (SSSR count). The minimum Gasteiger partial charge on any atom is -0.376 e. The molecule has 9 nitrogen and oxygen atoms in total. The predicted octanol–water partition coefficient (Wildman–Crippen LogP) is 3.92. The van der Waals surface area contributed by atoms with Crippen molar-refractivity contribution in [3.05, 3.63) is 144 Å².